The van der Waals surface area contributed by atoms with Gasteiger partial charge < -0.3 is 5.32 Å². The Morgan fingerprint density at radius 3 is 2.77 bits per heavy atom. The minimum atomic E-state index is 0.397. The number of anilines is 1. The molecule has 1 heterocycles. The highest BCUT2D eigenvalue weighted by molar-refractivity contribution is 9.10. The van der Waals surface area contributed by atoms with E-state index in [1.54, 1.807) is 0 Å². The van der Waals surface area contributed by atoms with Gasteiger partial charge in [0.05, 0.1) is 6.04 Å². The molecule has 1 N–H and O–H groups in total. The fourth-order valence-electron chi connectivity index (χ4n) is 3.97. The van der Waals surface area contributed by atoms with Crippen LogP contribution >= 0.6 is 15.9 Å². The average Bonchev–Trinajstić information content (AvgIpc) is 2.99. The molecule has 0 aromatic heterocycles. The molecule has 1 aliphatic carbocycles. The largest absolute Gasteiger partial charge is 0.378 e. The van der Waals surface area contributed by atoms with Gasteiger partial charge in [0.25, 0.3) is 0 Å². The van der Waals surface area contributed by atoms with Gasteiger partial charge in [-0.3, -0.25) is 0 Å². The standard InChI is InChI=1S/C20H20BrN/c1-12-6-7-13(2)17(10-12)20-16-5-3-4-15(16)18-11-14(21)8-9-19(18)22-20/h3-4,6-11,15-16,20,22H,5H2,1-2H3/t15-,16+,20-/m1/s1. The van der Waals surface area contributed by atoms with Crippen molar-refractivity contribution in [3.05, 3.63) is 75.3 Å². The summed E-state index contributed by atoms with van der Waals surface area (Å²) >= 11 is 3.62. The normalized spacial score (nSPS) is 25.5. The molecule has 0 saturated carbocycles. The summed E-state index contributed by atoms with van der Waals surface area (Å²) in [6, 6.07) is 13.8. The van der Waals surface area contributed by atoms with E-state index in [0.29, 0.717) is 17.9 Å². The monoisotopic (exact) mass is 353 g/mol. The molecule has 1 aliphatic heterocycles. The number of nitrogens with one attached hydrogen (secondary N) is 1. The molecule has 0 amide bonds. The maximum absolute atomic E-state index is 3.82. The molecule has 0 unspecified atom stereocenters. The molecule has 2 aliphatic rings. The van der Waals surface area contributed by atoms with Crippen molar-refractivity contribution in [1.82, 2.24) is 0 Å². The maximum Gasteiger partial charge on any atom is 0.0556 e. The van der Waals surface area contributed by atoms with Gasteiger partial charge in [0.2, 0.25) is 0 Å². The van der Waals surface area contributed by atoms with Crippen molar-refractivity contribution in [2.24, 2.45) is 5.92 Å². The Bertz CT molecular complexity index is 762. The number of fused-ring (bicyclic) bond motifs is 3. The van der Waals surface area contributed by atoms with Crippen LogP contribution in [0.5, 0.6) is 0 Å². The lowest BCUT2D eigenvalue weighted by Gasteiger charge is -2.38. The van der Waals surface area contributed by atoms with Crippen molar-refractivity contribution in [3.8, 4) is 0 Å². The van der Waals surface area contributed by atoms with Crippen LogP contribution in [0.4, 0.5) is 5.69 Å². The third-order valence-electron chi connectivity index (χ3n) is 5.09. The minimum Gasteiger partial charge on any atom is -0.378 e. The first-order valence-electron chi connectivity index (χ1n) is 7.93. The Kier molecular flexibility index (Phi) is 3.37. The van der Waals surface area contributed by atoms with Crippen LogP contribution in [-0.2, 0) is 0 Å². The summed E-state index contributed by atoms with van der Waals surface area (Å²) in [7, 11) is 0. The predicted octanol–water partition coefficient (Wildman–Crippen LogP) is 5.89. The quantitative estimate of drug-likeness (QED) is 0.630. The average molecular weight is 354 g/mol. The SMILES string of the molecule is Cc1ccc(C)c([C@@H]2Nc3ccc(Br)cc3[C@@H]3C=CC[C@@H]32)c1. The highest BCUT2D eigenvalue weighted by Gasteiger charge is 2.38. The Balaban J connectivity index is 1.83. The zero-order chi connectivity index (χ0) is 15.3. The topological polar surface area (TPSA) is 12.0 Å². The van der Waals surface area contributed by atoms with E-state index in [-0.39, 0.29) is 0 Å². The van der Waals surface area contributed by atoms with Crippen molar-refractivity contribution >= 4 is 21.6 Å². The van der Waals surface area contributed by atoms with E-state index in [9.17, 15) is 0 Å². The van der Waals surface area contributed by atoms with Crippen LogP contribution in [0, 0.1) is 19.8 Å². The third-order valence-corrected chi connectivity index (χ3v) is 5.59. The van der Waals surface area contributed by atoms with Gasteiger partial charge in [-0.25, -0.2) is 0 Å². The number of rotatable bonds is 1. The molecule has 4 rings (SSSR count). The van der Waals surface area contributed by atoms with Crippen LogP contribution in [0.25, 0.3) is 0 Å². The molecule has 22 heavy (non-hydrogen) atoms. The van der Waals surface area contributed by atoms with Crippen LogP contribution in [0.2, 0.25) is 0 Å². The van der Waals surface area contributed by atoms with E-state index >= 15 is 0 Å². The summed E-state index contributed by atoms with van der Waals surface area (Å²) in [5, 5.41) is 3.82. The number of hydrogen-bond acceptors (Lipinski definition) is 1. The minimum absolute atomic E-state index is 0.397. The van der Waals surface area contributed by atoms with E-state index in [4.69, 9.17) is 0 Å². The fraction of sp³-hybridized carbons (Fsp3) is 0.300. The first kappa shape index (κ1) is 14.1. The van der Waals surface area contributed by atoms with Gasteiger partial charge in [0.15, 0.2) is 0 Å². The van der Waals surface area contributed by atoms with Gasteiger partial charge in [0.1, 0.15) is 0 Å². The van der Waals surface area contributed by atoms with Crippen LogP contribution in [0.15, 0.2) is 53.0 Å². The molecule has 0 fully saturated rings. The van der Waals surface area contributed by atoms with Gasteiger partial charge in [-0.1, -0.05) is 51.8 Å². The Hall–Kier alpha value is -1.54. The molecular weight excluding hydrogens is 334 g/mol. The summed E-state index contributed by atoms with van der Waals surface area (Å²) in [4.78, 5) is 0. The second-order valence-electron chi connectivity index (χ2n) is 6.57. The van der Waals surface area contributed by atoms with Gasteiger partial charge >= 0.3 is 0 Å². The molecule has 3 atom stereocenters. The van der Waals surface area contributed by atoms with E-state index in [1.807, 2.05) is 0 Å². The number of allylic oxidation sites excluding steroid dienone is 2. The molecule has 2 aromatic carbocycles. The van der Waals surface area contributed by atoms with Crippen LogP contribution in [0.1, 0.15) is 40.6 Å². The van der Waals surface area contributed by atoms with E-state index in [1.165, 1.54) is 27.9 Å². The lowest BCUT2D eigenvalue weighted by atomic mass is 9.76. The lowest BCUT2D eigenvalue weighted by Crippen LogP contribution is -2.29. The number of benzene rings is 2. The molecule has 0 saturated heterocycles. The van der Waals surface area contributed by atoms with Crippen molar-refractivity contribution in [3.63, 3.8) is 0 Å². The van der Waals surface area contributed by atoms with Crippen LogP contribution in [-0.4, -0.2) is 0 Å². The van der Waals surface area contributed by atoms with Crippen molar-refractivity contribution in [2.75, 3.05) is 5.32 Å². The molecule has 112 valence electrons. The van der Waals surface area contributed by atoms with Gasteiger partial charge in [-0.05, 0) is 61.1 Å². The van der Waals surface area contributed by atoms with Crippen molar-refractivity contribution in [1.29, 1.82) is 0 Å². The number of aryl methyl sites for hydroxylation is 2. The molecule has 1 nitrogen and oxygen atoms in total. The van der Waals surface area contributed by atoms with Crippen LogP contribution in [0.3, 0.4) is 0 Å². The summed E-state index contributed by atoms with van der Waals surface area (Å²) in [6.45, 7) is 4.41. The van der Waals surface area contributed by atoms with Gasteiger partial charge in [-0.15, -0.1) is 0 Å². The zero-order valence-electron chi connectivity index (χ0n) is 12.9. The second-order valence-corrected chi connectivity index (χ2v) is 7.48. The molecule has 0 bridgehead atoms. The molecule has 2 heteroatoms. The molecule has 0 spiro atoms. The Morgan fingerprint density at radius 2 is 1.91 bits per heavy atom. The highest BCUT2D eigenvalue weighted by Crippen LogP contribution is 2.50. The van der Waals surface area contributed by atoms with Crippen molar-refractivity contribution in [2.45, 2.75) is 32.2 Å². The fourth-order valence-corrected chi connectivity index (χ4v) is 4.35. The van der Waals surface area contributed by atoms with E-state index in [2.05, 4.69) is 83.6 Å². The first-order chi connectivity index (χ1) is 10.6. The smallest absolute Gasteiger partial charge is 0.0556 e. The van der Waals surface area contributed by atoms with Crippen molar-refractivity contribution < 1.29 is 0 Å². The maximum atomic E-state index is 3.82. The first-order valence-corrected chi connectivity index (χ1v) is 8.72. The third kappa shape index (κ3) is 2.21. The number of halogens is 1. The number of hydrogen-bond donors (Lipinski definition) is 1. The van der Waals surface area contributed by atoms with E-state index in [0.717, 1.165) is 10.9 Å². The molecular formula is C20H20BrN. The van der Waals surface area contributed by atoms with Gasteiger partial charge in [-0.2, -0.15) is 0 Å². The van der Waals surface area contributed by atoms with Gasteiger partial charge in [0, 0.05) is 16.1 Å². The van der Waals surface area contributed by atoms with E-state index < -0.39 is 0 Å². The zero-order valence-corrected chi connectivity index (χ0v) is 14.5. The molecule has 2 aromatic rings. The lowest BCUT2D eigenvalue weighted by molar-refractivity contribution is 0.424. The highest BCUT2D eigenvalue weighted by atomic mass is 79.9. The summed E-state index contributed by atoms with van der Waals surface area (Å²) in [5.74, 6) is 1.14. The summed E-state index contributed by atoms with van der Waals surface area (Å²) < 4.78 is 1.16. The second kappa shape index (κ2) is 5.27. The summed E-state index contributed by atoms with van der Waals surface area (Å²) in [5.41, 5.74) is 6.88. The van der Waals surface area contributed by atoms with Crippen LogP contribution < -0.4 is 5.32 Å². The molecule has 0 radical (unpaired) electrons. The predicted molar refractivity (Wildman–Crippen MR) is 96.4 cm³/mol. The Morgan fingerprint density at radius 1 is 1.05 bits per heavy atom. The Labute approximate surface area is 140 Å². The summed E-state index contributed by atoms with van der Waals surface area (Å²) in [6.07, 6.45) is 5.90.